The van der Waals surface area contributed by atoms with Crippen LogP contribution in [0.3, 0.4) is 0 Å². The van der Waals surface area contributed by atoms with Gasteiger partial charge in [0.05, 0.1) is 0 Å². The third kappa shape index (κ3) is 0.984. The average Bonchev–Trinajstić information content (AvgIpc) is 2.42. The van der Waals surface area contributed by atoms with Gasteiger partial charge in [-0.05, 0) is 12.1 Å². The number of carboxylic acids is 1. The van der Waals surface area contributed by atoms with Crippen molar-refractivity contribution in [2.75, 3.05) is 0 Å². The summed E-state index contributed by atoms with van der Waals surface area (Å²) >= 11 is 0.905. The second kappa shape index (κ2) is 2.31. The van der Waals surface area contributed by atoms with Gasteiger partial charge < -0.3 is 10.1 Å². The van der Waals surface area contributed by atoms with E-state index in [1.807, 2.05) is 0 Å². The van der Waals surface area contributed by atoms with Gasteiger partial charge in [-0.25, -0.2) is 4.79 Å². The molecule has 2 aromatic heterocycles. The molecule has 0 aromatic carbocycles. The molecule has 5 heteroatoms. The number of aromatic amines is 1. The molecule has 0 aliphatic rings. The molecule has 12 heavy (non-hydrogen) atoms. The molecule has 0 bridgehead atoms. The summed E-state index contributed by atoms with van der Waals surface area (Å²) in [5.41, 5.74) is 0.0938. The van der Waals surface area contributed by atoms with Crippen molar-refractivity contribution in [1.29, 1.82) is 0 Å². The van der Waals surface area contributed by atoms with E-state index in [-0.39, 0.29) is 10.8 Å². The van der Waals surface area contributed by atoms with Crippen LogP contribution in [0.2, 0.25) is 0 Å². The van der Waals surface area contributed by atoms with Gasteiger partial charge in [0.2, 0.25) is 0 Å². The van der Waals surface area contributed by atoms with E-state index >= 15 is 0 Å². The van der Waals surface area contributed by atoms with E-state index in [1.54, 1.807) is 0 Å². The van der Waals surface area contributed by atoms with Gasteiger partial charge in [-0.1, -0.05) is 11.3 Å². The number of hydrogen-bond acceptors (Lipinski definition) is 2. The van der Waals surface area contributed by atoms with E-state index in [1.165, 1.54) is 12.1 Å². The molecule has 2 rings (SSSR count). The van der Waals surface area contributed by atoms with Crippen molar-refractivity contribution < 1.29 is 14.3 Å². The van der Waals surface area contributed by atoms with Gasteiger partial charge in [-0.3, -0.25) is 0 Å². The topological polar surface area (TPSA) is 53.1 Å². The van der Waals surface area contributed by atoms with Crippen LogP contribution < -0.4 is 0 Å². The number of H-pyrrole nitrogens is 1. The molecule has 2 heterocycles. The molecule has 0 amide bonds. The Morgan fingerprint density at radius 1 is 1.58 bits per heavy atom. The third-order valence-corrected chi connectivity index (χ3v) is 2.36. The fraction of sp³-hybridized carbons (Fsp3) is 0. The summed E-state index contributed by atoms with van der Waals surface area (Å²) in [4.78, 5) is 13.6. The number of thiophene rings is 1. The van der Waals surface area contributed by atoms with E-state index in [0.717, 1.165) is 11.3 Å². The maximum Gasteiger partial charge on any atom is 0.352 e. The Hall–Kier alpha value is -1.36. The van der Waals surface area contributed by atoms with Crippen LogP contribution in [-0.2, 0) is 0 Å². The van der Waals surface area contributed by atoms with Gasteiger partial charge in [-0.2, -0.15) is 4.39 Å². The van der Waals surface area contributed by atoms with E-state index < -0.39 is 5.97 Å². The zero-order valence-electron chi connectivity index (χ0n) is 5.80. The number of halogens is 1. The molecule has 0 unspecified atom stereocenters. The van der Waals surface area contributed by atoms with Crippen molar-refractivity contribution in [3.63, 3.8) is 0 Å². The van der Waals surface area contributed by atoms with Crippen LogP contribution >= 0.6 is 11.3 Å². The van der Waals surface area contributed by atoms with Crippen molar-refractivity contribution in [2.24, 2.45) is 0 Å². The lowest BCUT2D eigenvalue weighted by atomic mass is 10.4. The van der Waals surface area contributed by atoms with E-state index in [0.29, 0.717) is 10.2 Å². The number of fused-ring (bicyclic) bond motifs is 1. The van der Waals surface area contributed by atoms with Crippen LogP contribution in [0.1, 0.15) is 10.5 Å². The van der Waals surface area contributed by atoms with Crippen LogP contribution in [-0.4, -0.2) is 16.1 Å². The monoisotopic (exact) mass is 185 g/mol. The smallest absolute Gasteiger partial charge is 0.352 e. The first-order valence-electron chi connectivity index (χ1n) is 3.18. The molecule has 2 N–H and O–H groups in total. The Morgan fingerprint density at radius 3 is 2.92 bits per heavy atom. The minimum atomic E-state index is -1.03. The van der Waals surface area contributed by atoms with Gasteiger partial charge in [-0.15, -0.1) is 0 Å². The van der Waals surface area contributed by atoms with Crippen LogP contribution in [0, 0.1) is 5.13 Å². The number of hydrogen-bond donors (Lipinski definition) is 2. The SMILES string of the molecule is O=C(O)c1cc2cc(F)sc2[nH]1. The molecule has 2 aromatic rings. The quantitative estimate of drug-likeness (QED) is 0.714. The number of aromatic carboxylic acids is 1. The maximum atomic E-state index is 12.5. The van der Waals surface area contributed by atoms with Crippen LogP contribution in [0.4, 0.5) is 4.39 Å². The standard InChI is InChI=1S/C7H4FNO2S/c8-5-2-3-1-4(7(10)11)9-6(3)12-5/h1-2,9H,(H,10,11). The molecule has 3 nitrogen and oxygen atoms in total. The molecule has 0 aliphatic carbocycles. The Bertz CT molecular complexity index is 414. The Kier molecular flexibility index (Phi) is 1.41. The third-order valence-electron chi connectivity index (χ3n) is 1.51. The van der Waals surface area contributed by atoms with Crippen LogP contribution in [0.25, 0.3) is 10.2 Å². The van der Waals surface area contributed by atoms with Gasteiger partial charge in [0.15, 0.2) is 5.13 Å². The summed E-state index contributed by atoms with van der Waals surface area (Å²) in [5, 5.41) is 8.85. The number of carbonyl (C=O) groups is 1. The molecule has 0 spiro atoms. The highest BCUT2D eigenvalue weighted by Crippen LogP contribution is 2.24. The summed E-state index contributed by atoms with van der Waals surface area (Å²) in [6, 6.07) is 2.72. The average molecular weight is 185 g/mol. The highest BCUT2D eigenvalue weighted by molar-refractivity contribution is 7.17. The van der Waals surface area contributed by atoms with Gasteiger partial charge in [0, 0.05) is 5.39 Å². The second-order valence-electron chi connectivity index (χ2n) is 2.32. The molecule has 0 saturated carbocycles. The number of aromatic nitrogens is 1. The minimum absolute atomic E-state index is 0.0938. The molecule has 0 aliphatic heterocycles. The Labute approximate surface area is 70.4 Å². The van der Waals surface area contributed by atoms with Gasteiger partial charge >= 0.3 is 5.97 Å². The maximum absolute atomic E-state index is 12.5. The number of carboxylic acid groups (broad SMARTS) is 1. The van der Waals surface area contributed by atoms with Gasteiger partial charge in [0.25, 0.3) is 0 Å². The van der Waals surface area contributed by atoms with Crippen molar-refractivity contribution in [3.8, 4) is 0 Å². The fourth-order valence-electron chi connectivity index (χ4n) is 1.01. The summed E-state index contributed by atoms with van der Waals surface area (Å²) in [7, 11) is 0. The molecular formula is C7H4FNO2S. The lowest BCUT2D eigenvalue weighted by Crippen LogP contribution is -1.94. The van der Waals surface area contributed by atoms with Crippen molar-refractivity contribution in [3.05, 3.63) is 23.0 Å². The Morgan fingerprint density at radius 2 is 2.33 bits per heavy atom. The normalized spacial score (nSPS) is 10.8. The summed E-state index contributed by atoms with van der Waals surface area (Å²) in [6.45, 7) is 0. The fourth-order valence-corrected chi connectivity index (χ4v) is 1.79. The van der Waals surface area contributed by atoms with Crippen molar-refractivity contribution >= 4 is 27.5 Å². The molecule has 62 valence electrons. The number of nitrogens with one attached hydrogen (secondary N) is 1. The predicted octanol–water partition coefficient (Wildman–Crippen LogP) is 2.07. The summed E-state index contributed by atoms with van der Waals surface area (Å²) in [6.07, 6.45) is 0. The molecule has 0 saturated heterocycles. The van der Waals surface area contributed by atoms with Crippen LogP contribution in [0.15, 0.2) is 12.1 Å². The molecular weight excluding hydrogens is 181 g/mol. The van der Waals surface area contributed by atoms with Crippen molar-refractivity contribution in [2.45, 2.75) is 0 Å². The lowest BCUT2D eigenvalue weighted by molar-refractivity contribution is 0.0691. The first kappa shape index (κ1) is 7.30. The minimum Gasteiger partial charge on any atom is -0.477 e. The predicted molar refractivity (Wildman–Crippen MR) is 43.1 cm³/mol. The molecule has 0 fully saturated rings. The second-order valence-corrected chi connectivity index (χ2v) is 3.33. The zero-order valence-corrected chi connectivity index (χ0v) is 6.61. The highest BCUT2D eigenvalue weighted by atomic mass is 32.1. The van der Waals surface area contributed by atoms with E-state index in [9.17, 15) is 9.18 Å². The molecule has 0 atom stereocenters. The largest absolute Gasteiger partial charge is 0.477 e. The van der Waals surface area contributed by atoms with E-state index in [2.05, 4.69) is 4.98 Å². The van der Waals surface area contributed by atoms with Crippen molar-refractivity contribution in [1.82, 2.24) is 4.98 Å². The first-order chi connectivity index (χ1) is 5.66. The zero-order chi connectivity index (χ0) is 8.72. The summed E-state index contributed by atoms with van der Waals surface area (Å²) in [5.74, 6) is -1.03. The lowest BCUT2D eigenvalue weighted by Gasteiger charge is -1.82. The highest BCUT2D eigenvalue weighted by Gasteiger charge is 2.09. The number of rotatable bonds is 1. The van der Waals surface area contributed by atoms with E-state index in [4.69, 9.17) is 5.11 Å². The first-order valence-corrected chi connectivity index (χ1v) is 4.00. The Balaban J connectivity index is 2.64. The van der Waals surface area contributed by atoms with Crippen LogP contribution in [0.5, 0.6) is 0 Å². The molecule has 0 radical (unpaired) electrons. The summed E-state index contributed by atoms with van der Waals surface area (Å²) < 4.78 is 12.5. The van der Waals surface area contributed by atoms with Gasteiger partial charge in [0.1, 0.15) is 10.5 Å².